The molecule has 0 fully saturated rings. The van der Waals surface area contributed by atoms with Crippen molar-refractivity contribution >= 4 is 17.9 Å². The van der Waals surface area contributed by atoms with E-state index in [0.717, 1.165) is 0 Å². The summed E-state index contributed by atoms with van der Waals surface area (Å²) in [7, 11) is 0. The van der Waals surface area contributed by atoms with Crippen LogP contribution in [0.5, 0.6) is 0 Å². The molecule has 0 heterocycles. The summed E-state index contributed by atoms with van der Waals surface area (Å²) < 4.78 is 0. The molecule has 0 aromatic rings. The summed E-state index contributed by atoms with van der Waals surface area (Å²) in [5.41, 5.74) is 0. The fourth-order valence-corrected chi connectivity index (χ4v) is 0.331. The van der Waals surface area contributed by atoms with E-state index in [-0.39, 0.29) is 41.7 Å². The number of rotatable bonds is 6. The summed E-state index contributed by atoms with van der Waals surface area (Å²) in [6.07, 6.45) is 0. The van der Waals surface area contributed by atoms with Crippen molar-refractivity contribution in [2.75, 3.05) is 19.6 Å². The zero-order valence-electron chi connectivity index (χ0n) is 10.5. The molecular formula is C6H9CeN3O12. The molecule has 0 atom stereocenters. The van der Waals surface area contributed by atoms with Crippen molar-refractivity contribution in [1.82, 2.24) is 0 Å². The van der Waals surface area contributed by atoms with Gasteiger partial charge in [0.15, 0.2) is 0 Å². The first-order valence-corrected chi connectivity index (χ1v) is 4.39. The van der Waals surface area contributed by atoms with Crippen molar-refractivity contribution in [3.05, 3.63) is 30.3 Å². The van der Waals surface area contributed by atoms with Gasteiger partial charge in [-0.3, -0.25) is 30.3 Å². The minimum absolute atomic E-state index is 0. The van der Waals surface area contributed by atoms with Crippen LogP contribution in [0.1, 0.15) is 0 Å². The van der Waals surface area contributed by atoms with Gasteiger partial charge in [-0.1, -0.05) is 0 Å². The first kappa shape index (κ1) is 28.2. The molecule has 0 rings (SSSR count). The number of nitro groups is 3. The van der Waals surface area contributed by atoms with Gasteiger partial charge in [0.25, 0.3) is 19.6 Å². The van der Waals surface area contributed by atoms with Crippen molar-refractivity contribution in [1.29, 1.82) is 0 Å². The SMILES string of the molecule is O=C(O)C[N+](=O)[O-].O=C(O)C[N+](=O)[O-].O=C(O)C[N+](=O)[O-].[Ce]. The van der Waals surface area contributed by atoms with Crippen molar-refractivity contribution < 1.29 is 86.2 Å². The molecule has 0 saturated carbocycles. The largest absolute Gasteiger partial charge is 0.476 e. The zero-order chi connectivity index (χ0) is 17.6. The minimum atomic E-state index is -1.41. The first-order valence-electron chi connectivity index (χ1n) is 4.39. The van der Waals surface area contributed by atoms with Crippen molar-refractivity contribution in [3.8, 4) is 0 Å². The van der Waals surface area contributed by atoms with Gasteiger partial charge < -0.3 is 15.3 Å². The van der Waals surface area contributed by atoms with Crippen LogP contribution in [-0.2, 0) is 14.4 Å². The van der Waals surface area contributed by atoms with Crippen LogP contribution in [0.25, 0.3) is 0 Å². The van der Waals surface area contributed by atoms with Gasteiger partial charge in [0.2, 0.25) is 0 Å². The van der Waals surface area contributed by atoms with E-state index in [2.05, 4.69) is 0 Å². The second-order valence-electron chi connectivity index (χ2n) is 2.65. The summed E-state index contributed by atoms with van der Waals surface area (Å²) in [6, 6.07) is 0. The normalized spacial score (nSPS) is 7.64. The summed E-state index contributed by atoms with van der Waals surface area (Å²) in [4.78, 5) is 53.1. The Morgan fingerprint density at radius 1 is 0.636 bits per heavy atom. The molecule has 16 heteroatoms. The Balaban J connectivity index is -0.000000108. The Morgan fingerprint density at radius 2 is 0.773 bits per heavy atom. The molecule has 0 aromatic heterocycles. The van der Waals surface area contributed by atoms with Gasteiger partial charge in [-0.25, -0.2) is 14.4 Å². The summed E-state index contributed by atoms with van der Waals surface area (Å²) in [5.74, 6) is -4.24. The van der Waals surface area contributed by atoms with Crippen LogP contribution in [0.4, 0.5) is 0 Å². The van der Waals surface area contributed by atoms with Gasteiger partial charge in [-0.15, -0.1) is 0 Å². The molecule has 0 radical (unpaired) electrons. The van der Waals surface area contributed by atoms with E-state index in [9.17, 15) is 44.7 Å². The molecule has 0 bridgehead atoms. The van der Waals surface area contributed by atoms with E-state index in [1.165, 1.54) is 0 Å². The topological polar surface area (TPSA) is 241 Å². The molecule has 3 N–H and O–H groups in total. The third kappa shape index (κ3) is 52.0. The first-order chi connectivity index (χ1) is 9.38. The van der Waals surface area contributed by atoms with Gasteiger partial charge >= 0.3 is 17.9 Å². The summed E-state index contributed by atoms with van der Waals surface area (Å²) in [6.45, 7) is -3.00. The molecular weight excluding hydrogens is 446 g/mol. The number of carboxylic acids is 3. The molecule has 0 unspecified atom stereocenters. The van der Waals surface area contributed by atoms with Gasteiger partial charge in [0, 0.05) is 56.5 Å². The Bertz CT molecular complexity index is 325. The molecule has 0 saturated heterocycles. The molecule has 0 aliphatic rings. The molecule has 0 spiro atoms. The van der Waals surface area contributed by atoms with Crippen LogP contribution in [-0.4, -0.2) is 67.6 Å². The molecule has 0 amide bonds. The number of hydrogen-bond acceptors (Lipinski definition) is 9. The van der Waals surface area contributed by atoms with E-state index in [1.807, 2.05) is 0 Å². The van der Waals surface area contributed by atoms with E-state index in [1.54, 1.807) is 0 Å². The van der Waals surface area contributed by atoms with Crippen LogP contribution in [0.2, 0.25) is 0 Å². The molecule has 0 aliphatic carbocycles. The maximum atomic E-state index is 9.37. The summed E-state index contributed by atoms with van der Waals surface area (Å²) in [5, 5.41) is 50.6. The zero-order valence-corrected chi connectivity index (χ0v) is 13.6. The third-order valence-corrected chi connectivity index (χ3v) is 0.793. The van der Waals surface area contributed by atoms with Crippen LogP contribution in [0.15, 0.2) is 0 Å². The van der Waals surface area contributed by atoms with E-state index < -0.39 is 52.3 Å². The predicted molar refractivity (Wildman–Crippen MR) is 58.5 cm³/mol. The van der Waals surface area contributed by atoms with Crippen LogP contribution in [0.3, 0.4) is 0 Å². The van der Waals surface area contributed by atoms with E-state index >= 15 is 0 Å². The van der Waals surface area contributed by atoms with Gasteiger partial charge in [-0.05, 0) is 0 Å². The third-order valence-electron chi connectivity index (χ3n) is 0.793. The fraction of sp³-hybridized carbons (Fsp3) is 0.500. The van der Waals surface area contributed by atoms with Crippen molar-refractivity contribution in [2.24, 2.45) is 0 Å². The average molecular weight is 455 g/mol. The number of carboxylic acid groups (broad SMARTS) is 3. The Labute approximate surface area is 153 Å². The summed E-state index contributed by atoms with van der Waals surface area (Å²) >= 11 is 0. The standard InChI is InChI=1S/3C2H3NO4.Ce/c3*4-2(5)1-3(6)7;/h3*1H2,(H,4,5);. The molecule has 15 nitrogen and oxygen atoms in total. The average Bonchev–Trinajstić information content (AvgIpc) is 2.10. The quantitative estimate of drug-likeness (QED) is 0.292. The molecule has 22 heavy (non-hydrogen) atoms. The Hall–Kier alpha value is -2.01. The van der Waals surface area contributed by atoms with Crippen molar-refractivity contribution in [3.63, 3.8) is 0 Å². The maximum Gasteiger partial charge on any atom is 0.376 e. The number of nitrogens with zero attached hydrogens (tertiary/aromatic N) is 3. The molecule has 124 valence electrons. The second-order valence-corrected chi connectivity index (χ2v) is 2.65. The van der Waals surface area contributed by atoms with Crippen molar-refractivity contribution in [2.45, 2.75) is 0 Å². The number of hydrogen-bond donors (Lipinski definition) is 3. The number of carbonyl (C=O) groups is 3. The van der Waals surface area contributed by atoms with Gasteiger partial charge in [0.1, 0.15) is 0 Å². The van der Waals surface area contributed by atoms with Gasteiger partial charge in [0.05, 0.1) is 0 Å². The fourth-order valence-electron chi connectivity index (χ4n) is 0.331. The predicted octanol–water partition coefficient (Wildman–Crippen LogP) is -1.96. The monoisotopic (exact) mass is 455 g/mol. The van der Waals surface area contributed by atoms with E-state index in [0.29, 0.717) is 0 Å². The Morgan fingerprint density at radius 3 is 0.773 bits per heavy atom. The van der Waals surface area contributed by atoms with Crippen LogP contribution in [0, 0.1) is 72.1 Å². The maximum absolute atomic E-state index is 9.37. The second kappa shape index (κ2) is 17.0. The van der Waals surface area contributed by atoms with E-state index in [4.69, 9.17) is 15.3 Å². The smallest absolute Gasteiger partial charge is 0.376 e. The van der Waals surface area contributed by atoms with Gasteiger partial charge in [-0.2, -0.15) is 0 Å². The Kier molecular flexibility index (Phi) is 21.8. The van der Waals surface area contributed by atoms with Crippen LogP contribution < -0.4 is 0 Å². The molecule has 0 aliphatic heterocycles. The van der Waals surface area contributed by atoms with Crippen LogP contribution >= 0.6 is 0 Å². The molecule has 0 aromatic carbocycles. The number of aliphatic carboxylic acids is 3. The minimum Gasteiger partial charge on any atom is -0.476 e.